The summed E-state index contributed by atoms with van der Waals surface area (Å²) in [5.74, 6) is 0.745. The largest absolute Gasteiger partial charge is 0.494 e. The summed E-state index contributed by atoms with van der Waals surface area (Å²) in [7, 11) is 0. The van der Waals surface area contributed by atoms with Gasteiger partial charge in [-0.25, -0.2) is 4.39 Å². The van der Waals surface area contributed by atoms with E-state index in [4.69, 9.17) is 4.74 Å². The molecule has 0 aliphatic heterocycles. The van der Waals surface area contributed by atoms with Crippen molar-refractivity contribution in [1.82, 2.24) is 19.2 Å². The minimum Gasteiger partial charge on any atom is -0.494 e. The molecule has 1 unspecified atom stereocenters. The van der Waals surface area contributed by atoms with E-state index in [2.05, 4.69) is 15.5 Å². The standard InChI is InChI=1S/C24H24FN5O3/c1-3-33-20-10-8-19(9-11-20)29-12-13-30-21(27-28-23(30)24(29)32)14-16(2)15-22(31)26-18-6-4-17(25)5-7-18/h4-13,16H,3,14-15H2,1-2H3,(H,26,31). The molecule has 2 aromatic heterocycles. The van der Waals surface area contributed by atoms with Crippen molar-refractivity contribution in [3.8, 4) is 11.4 Å². The first kappa shape index (κ1) is 22.2. The Labute approximate surface area is 189 Å². The number of carbonyl (C=O) groups is 1. The first-order chi connectivity index (χ1) is 15.9. The number of hydrogen-bond donors (Lipinski definition) is 1. The van der Waals surface area contributed by atoms with Crippen LogP contribution in [0.3, 0.4) is 0 Å². The normalized spacial score (nSPS) is 12.0. The Bertz CT molecular complexity index is 1310. The zero-order chi connectivity index (χ0) is 23.4. The smallest absolute Gasteiger partial charge is 0.300 e. The van der Waals surface area contributed by atoms with Crippen molar-refractivity contribution in [3.63, 3.8) is 0 Å². The fourth-order valence-electron chi connectivity index (χ4n) is 3.59. The number of ether oxygens (including phenoxy) is 1. The molecule has 0 aliphatic rings. The van der Waals surface area contributed by atoms with Crippen LogP contribution in [0.2, 0.25) is 0 Å². The van der Waals surface area contributed by atoms with Crippen LogP contribution in [-0.2, 0) is 11.2 Å². The van der Waals surface area contributed by atoms with Crippen LogP contribution in [0.25, 0.3) is 11.3 Å². The number of hydrogen-bond acceptors (Lipinski definition) is 5. The molecule has 0 aliphatic carbocycles. The van der Waals surface area contributed by atoms with Crippen LogP contribution in [-0.4, -0.2) is 31.7 Å². The molecule has 33 heavy (non-hydrogen) atoms. The Balaban J connectivity index is 1.46. The Morgan fingerprint density at radius 3 is 2.52 bits per heavy atom. The number of anilines is 1. The van der Waals surface area contributed by atoms with Gasteiger partial charge in [0.25, 0.3) is 0 Å². The highest BCUT2D eigenvalue weighted by Gasteiger charge is 2.16. The molecule has 1 atom stereocenters. The first-order valence-corrected chi connectivity index (χ1v) is 10.7. The van der Waals surface area contributed by atoms with Crippen molar-refractivity contribution >= 4 is 17.2 Å². The second kappa shape index (κ2) is 9.64. The highest BCUT2D eigenvalue weighted by molar-refractivity contribution is 5.90. The Morgan fingerprint density at radius 1 is 1.09 bits per heavy atom. The molecule has 0 bridgehead atoms. The molecular weight excluding hydrogens is 425 g/mol. The molecule has 4 rings (SSSR count). The first-order valence-electron chi connectivity index (χ1n) is 10.7. The fraction of sp³-hybridized carbons (Fsp3) is 0.250. The van der Waals surface area contributed by atoms with Crippen LogP contribution < -0.4 is 15.6 Å². The molecule has 0 radical (unpaired) electrons. The van der Waals surface area contributed by atoms with Gasteiger partial charge >= 0.3 is 5.56 Å². The monoisotopic (exact) mass is 449 g/mol. The van der Waals surface area contributed by atoms with Gasteiger partial charge in [0, 0.05) is 36.6 Å². The van der Waals surface area contributed by atoms with E-state index in [0.717, 1.165) is 5.75 Å². The van der Waals surface area contributed by atoms with Crippen LogP contribution in [0.15, 0.2) is 65.7 Å². The lowest BCUT2D eigenvalue weighted by molar-refractivity contribution is -0.116. The number of nitrogens with one attached hydrogen (secondary N) is 1. The summed E-state index contributed by atoms with van der Waals surface area (Å²) in [4.78, 5) is 25.3. The molecule has 0 fully saturated rings. The van der Waals surface area contributed by atoms with Crippen LogP contribution in [0.4, 0.5) is 10.1 Å². The maximum absolute atomic E-state index is 13.0. The van der Waals surface area contributed by atoms with Gasteiger partial charge in [0.2, 0.25) is 11.6 Å². The maximum atomic E-state index is 13.0. The number of rotatable bonds is 8. The summed E-state index contributed by atoms with van der Waals surface area (Å²) in [6, 6.07) is 12.8. The quantitative estimate of drug-likeness (QED) is 0.444. The summed E-state index contributed by atoms with van der Waals surface area (Å²) >= 11 is 0. The predicted octanol–water partition coefficient (Wildman–Crippen LogP) is 3.63. The van der Waals surface area contributed by atoms with Gasteiger partial charge in [0.1, 0.15) is 17.4 Å². The molecule has 2 aromatic carbocycles. The molecule has 0 spiro atoms. The number of aromatic nitrogens is 4. The molecule has 9 heteroatoms. The number of amides is 1. The molecule has 4 aromatic rings. The fourth-order valence-corrected chi connectivity index (χ4v) is 3.59. The third-order valence-corrected chi connectivity index (χ3v) is 5.16. The minimum absolute atomic E-state index is 0.0496. The average molecular weight is 449 g/mol. The number of benzene rings is 2. The van der Waals surface area contributed by atoms with E-state index in [9.17, 15) is 14.0 Å². The second-order valence-electron chi connectivity index (χ2n) is 7.78. The lowest BCUT2D eigenvalue weighted by Crippen LogP contribution is -2.21. The van der Waals surface area contributed by atoms with Crippen molar-refractivity contribution in [2.45, 2.75) is 26.7 Å². The molecule has 1 amide bonds. The van der Waals surface area contributed by atoms with E-state index in [1.54, 1.807) is 16.8 Å². The van der Waals surface area contributed by atoms with Crippen LogP contribution in [0.1, 0.15) is 26.1 Å². The van der Waals surface area contributed by atoms with E-state index in [1.807, 2.05) is 38.1 Å². The van der Waals surface area contributed by atoms with E-state index in [-0.39, 0.29) is 35.3 Å². The van der Waals surface area contributed by atoms with Gasteiger partial charge < -0.3 is 10.1 Å². The van der Waals surface area contributed by atoms with Gasteiger partial charge in [-0.2, -0.15) is 0 Å². The van der Waals surface area contributed by atoms with Gasteiger partial charge in [0.05, 0.1) is 6.61 Å². The molecule has 1 N–H and O–H groups in total. The zero-order valence-corrected chi connectivity index (χ0v) is 18.4. The van der Waals surface area contributed by atoms with Crippen molar-refractivity contribution < 1.29 is 13.9 Å². The third kappa shape index (κ3) is 5.08. The molecule has 0 saturated carbocycles. The van der Waals surface area contributed by atoms with Crippen LogP contribution in [0, 0.1) is 11.7 Å². The van der Waals surface area contributed by atoms with Crippen molar-refractivity contribution in [2.75, 3.05) is 11.9 Å². The van der Waals surface area contributed by atoms with E-state index in [0.29, 0.717) is 30.2 Å². The predicted molar refractivity (Wildman–Crippen MR) is 122 cm³/mol. The van der Waals surface area contributed by atoms with Crippen molar-refractivity contribution in [3.05, 3.63) is 82.9 Å². The summed E-state index contributed by atoms with van der Waals surface area (Å²) in [5.41, 5.74) is 1.16. The molecule has 170 valence electrons. The number of halogens is 1. The van der Waals surface area contributed by atoms with Gasteiger partial charge in [-0.15, -0.1) is 10.2 Å². The molecule has 2 heterocycles. The topological polar surface area (TPSA) is 90.5 Å². The third-order valence-electron chi connectivity index (χ3n) is 5.16. The number of fused-ring (bicyclic) bond motifs is 1. The van der Waals surface area contributed by atoms with Crippen molar-refractivity contribution in [1.29, 1.82) is 0 Å². The summed E-state index contributed by atoms with van der Waals surface area (Å²) in [6.07, 6.45) is 4.12. The lowest BCUT2D eigenvalue weighted by atomic mass is 10.0. The molecule has 0 saturated heterocycles. The molecule has 8 nitrogen and oxygen atoms in total. The summed E-state index contributed by atoms with van der Waals surface area (Å²) in [5, 5.41) is 11.0. The second-order valence-corrected chi connectivity index (χ2v) is 7.78. The highest BCUT2D eigenvalue weighted by atomic mass is 19.1. The van der Waals surface area contributed by atoms with Crippen LogP contribution in [0.5, 0.6) is 5.75 Å². The summed E-state index contributed by atoms with van der Waals surface area (Å²) in [6.45, 7) is 4.40. The highest BCUT2D eigenvalue weighted by Crippen LogP contribution is 2.16. The Hall–Kier alpha value is -4.01. The lowest BCUT2D eigenvalue weighted by Gasteiger charge is -2.11. The number of carbonyl (C=O) groups excluding carboxylic acids is 1. The minimum atomic E-state index is -0.360. The Kier molecular flexibility index (Phi) is 6.48. The van der Waals surface area contributed by atoms with Gasteiger partial charge in [-0.1, -0.05) is 6.92 Å². The van der Waals surface area contributed by atoms with E-state index in [1.165, 1.54) is 28.8 Å². The van der Waals surface area contributed by atoms with Gasteiger partial charge in [-0.3, -0.25) is 18.6 Å². The van der Waals surface area contributed by atoms with Gasteiger partial charge in [0.15, 0.2) is 0 Å². The van der Waals surface area contributed by atoms with E-state index >= 15 is 0 Å². The Morgan fingerprint density at radius 2 is 1.82 bits per heavy atom. The summed E-state index contributed by atoms with van der Waals surface area (Å²) < 4.78 is 21.6. The van der Waals surface area contributed by atoms with Gasteiger partial charge in [-0.05, 0) is 61.4 Å². The maximum Gasteiger partial charge on any atom is 0.300 e. The number of nitrogens with zero attached hydrogens (tertiary/aromatic N) is 4. The molecular formula is C24H24FN5O3. The average Bonchev–Trinajstić information content (AvgIpc) is 3.20. The SMILES string of the molecule is CCOc1ccc(-n2ccn3c(CC(C)CC(=O)Nc4ccc(F)cc4)nnc3c2=O)cc1. The zero-order valence-electron chi connectivity index (χ0n) is 18.4. The van der Waals surface area contributed by atoms with E-state index < -0.39 is 0 Å². The van der Waals surface area contributed by atoms with Crippen LogP contribution >= 0.6 is 0 Å². The van der Waals surface area contributed by atoms with Crippen molar-refractivity contribution in [2.24, 2.45) is 5.92 Å².